The third-order valence-corrected chi connectivity index (χ3v) is 7.17. The van der Waals surface area contributed by atoms with E-state index in [2.05, 4.69) is 71.9 Å². The molecule has 2 aromatic heterocycles. The molecule has 0 fully saturated rings. The van der Waals surface area contributed by atoms with Gasteiger partial charge in [0, 0.05) is 38.6 Å². The van der Waals surface area contributed by atoms with Gasteiger partial charge in [-0.05, 0) is 23.0 Å². The number of para-hydroxylation sites is 1. The van der Waals surface area contributed by atoms with Crippen LogP contribution in [0.15, 0.2) is 95.4 Å². The number of benzene rings is 4. The molecule has 0 aliphatic carbocycles. The summed E-state index contributed by atoms with van der Waals surface area (Å²) in [6.45, 7) is 13.4. The van der Waals surface area contributed by atoms with Crippen LogP contribution >= 0.6 is 0 Å². The molecule has 4 heteroatoms. The van der Waals surface area contributed by atoms with Gasteiger partial charge in [0.15, 0.2) is 17.5 Å². The zero-order valence-corrected chi connectivity index (χ0v) is 23.4. The summed E-state index contributed by atoms with van der Waals surface area (Å²) >= 11 is 0. The maximum absolute atomic E-state index is 6.69. The van der Waals surface area contributed by atoms with Crippen molar-refractivity contribution in [2.24, 2.45) is 0 Å². The van der Waals surface area contributed by atoms with Crippen LogP contribution in [0, 0.1) is 0 Å². The molecule has 0 radical (unpaired) electrons. The fourth-order valence-electron chi connectivity index (χ4n) is 5.11. The average Bonchev–Trinajstić information content (AvgIpc) is 3.31. The fourth-order valence-corrected chi connectivity index (χ4v) is 5.11. The highest BCUT2D eigenvalue weighted by molar-refractivity contribution is 6.08. The molecule has 0 spiro atoms. The first kappa shape index (κ1) is 25.0. The van der Waals surface area contributed by atoms with Gasteiger partial charge in [-0.1, -0.05) is 120 Å². The maximum Gasteiger partial charge on any atom is 0.164 e. The third-order valence-electron chi connectivity index (χ3n) is 7.17. The molecule has 0 saturated carbocycles. The van der Waals surface area contributed by atoms with E-state index in [0.717, 1.165) is 44.2 Å². The number of fused-ring (bicyclic) bond motifs is 3. The van der Waals surface area contributed by atoms with Crippen LogP contribution < -0.4 is 0 Å². The number of nitrogens with zero attached hydrogens (tertiary/aromatic N) is 3. The van der Waals surface area contributed by atoms with Gasteiger partial charge in [-0.15, -0.1) is 0 Å². The van der Waals surface area contributed by atoms with Crippen LogP contribution in [-0.4, -0.2) is 15.0 Å². The second kappa shape index (κ2) is 9.16. The van der Waals surface area contributed by atoms with Crippen molar-refractivity contribution in [3.8, 4) is 34.2 Å². The molecular formula is C35H33N3O. The van der Waals surface area contributed by atoms with E-state index in [1.54, 1.807) is 0 Å². The molecule has 39 heavy (non-hydrogen) atoms. The minimum atomic E-state index is -0.151. The summed E-state index contributed by atoms with van der Waals surface area (Å²) in [4.78, 5) is 14.9. The van der Waals surface area contributed by atoms with Crippen LogP contribution in [-0.2, 0) is 10.8 Å². The van der Waals surface area contributed by atoms with E-state index in [-0.39, 0.29) is 10.8 Å². The standard InChI is InChI=1S/C35H33N3O/c1-34(2,3)27-19-13-18-25-26-20-24(21-28(35(4,5)6)30(26)39-29(25)27)33-37-31(22-14-9-7-10-15-22)36-32(38-33)23-16-11-8-12-17-23/h7-21H,1-6H3. The lowest BCUT2D eigenvalue weighted by atomic mass is 9.84. The summed E-state index contributed by atoms with van der Waals surface area (Å²) in [6, 6.07) is 31.0. The van der Waals surface area contributed by atoms with Crippen LogP contribution in [0.1, 0.15) is 52.7 Å². The Bertz CT molecular complexity index is 1750. The predicted molar refractivity (Wildman–Crippen MR) is 161 cm³/mol. The first-order valence-electron chi connectivity index (χ1n) is 13.5. The normalized spacial score (nSPS) is 12.4. The lowest BCUT2D eigenvalue weighted by Crippen LogP contribution is -2.12. The van der Waals surface area contributed by atoms with Gasteiger partial charge in [0.2, 0.25) is 0 Å². The van der Waals surface area contributed by atoms with Crippen LogP contribution in [0.4, 0.5) is 0 Å². The van der Waals surface area contributed by atoms with Gasteiger partial charge in [0.05, 0.1) is 0 Å². The van der Waals surface area contributed by atoms with Crippen molar-refractivity contribution in [2.75, 3.05) is 0 Å². The van der Waals surface area contributed by atoms with E-state index in [1.807, 2.05) is 60.7 Å². The van der Waals surface area contributed by atoms with Crippen molar-refractivity contribution in [1.82, 2.24) is 15.0 Å². The monoisotopic (exact) mass is 511 g/mol. The lowest BCUT2D eigenvalue weighted by molar-refractivity contribution is 0.557. The largest absolute Gasteiger partial charge is 0.455 e. The molecule has 0 N–H and O–H groups in total. The fraction of sp³-hybridized carbons (Fsp3) is 0.229. The van der Waals surface area contributed by atoms with E-state index in [4.69, 9.17) is 19.4 Å². The topological polar surface area (TPSA) is 51.8 Å². The Kier molecular flexibility index (Phi) is 5.87. The minimum Gasteiger partial charge on any atom is -0.455 e. The van der Waals surface area contributed by atoms with Crippen molar-refractivity contribution in [3.63, 3.8) is 0 Å². The summed E-state index contributed by atoms with van der Waals surface area (Å²) in [5.74, 6) is 1.96. The smallest absolute Gasteiger partial charge is 0.164 e. The van der Waals surface area contributed by atoms with Gasteiger partial charge in [0.25, 0.3) is 0 Å². The Balaban J connectivity index is 1.66. The van der Waals surface area contributed by atoms with E-state index in [0.29, 0.717) is 17.5 Å². The minimum absolute atomic E-state index is 0.0402. The van der Waals surface area contributed by atoms with Crippen molar-refractivity contribution in [2.45, 2.75) is 52.4 Å². The molecule has 4 aromatic carbocycles. The molecular weight excluding hydrogens is 478 g/mol. The second-order valence-corrected chi connectivity index (χ2v) is 12.2. The van der Waals surface area contributed by atoms with Gasteiger partial charge in [-0.25, -0.2) is 15.0 Å². The molecule has 0 aliphatic heterocycles. The summed E-state index contributed by atoms with van der Waals surface area (Å²) in [7, 11) is 0. The molecule has 0 saturated heterocycles. The van der Waals surface area contributed by atoms with Crippen LogP contribution in [0.5, 0.6) is 0 Å². The second-order valence-electron chi connectivity index (χ2n) is 12.2. The number of rotatable bonds is 3. The van der Waals surface area contributed by atoms with E-state index in [1.165, 1.54) is 5.56 Å². The predicted octanol–water partition coefficient (Wildman–Crippen LogP) is 9.37. The molecule has 194 valence electrons. The number of hydrogen-bond donors (Lipinski definition) is 0. The molecule has 6 rings (SSSR count). The van der Waals surface area contributed by atoms with E-state index < -0.39 is 0 Å². The van der Waals surface area contributed by atoms with Crippen molar-refractivity contribution < 1.29 is 4.42 Å². The van der Waals surface area contributed by atoms with Crippen LogP contribution in [0.2, 0.25) is 0 Å². The zero-order valence-electron chi connectivity index (χ0n) is 23.4. The highest BCUT2D eigenvalue weighted by Crippen LogP contribution is 2.42. The highest BCUT2D eigenvalue weighted by atomic mass is 16.3. The van der Waals surface area contributed by atoms with Gasteiger partial charge >= 0.3 is 0 Å². The quantitative estimate of drug-likeness (QED) is 0.237. The zero-order chi connectivity index (χ0) is 27.4. The first-order valence-corrected chi connectivity index (χ1v) is 13.5. The molecule has 0 unspecified atom stereocenters. The molecule has 4 nitrogen and oxygen atoms in total. The van der Waals surface area contributed by atoms with E-state index in [9.17, 15) is 0 Å². The van der Waals surface area contributed by atoms with Crippen LogP contribution in [0.25, 0.3) is 56.1 Å². The molecule has 0 bridgehead atoms. The highest BCUT2D eigenvalue weighted by Gasteiger charge is 2.26. The molecule has 6 aromatic rings. The number of furan rings is 1. The van der Waals surface area contributed by atoms with Crippen LogP contribution in [0.3, 0.4) is 0 Å². The number of aromatic nitrogens is 3. The van der Waals surface area contributed by atoms with Crippen molar-refractivity contribution >= 4 is 21.9 Å². The Hall–Kier alpha value is -4.31. The number of hydrogen-bond acceptors (Lipinski definition) is 4. The van der Waals surface area contributed by atoms with Crippen molar-refractivity contribution in [3.05, 3.63) is 102 Å². The SMILES string of the molecule is CC(C)(C)c1cccc2c1oc1c(C(C)(C)C)cc(-c3nc(-c4ccccc4)nc(-c4ccccc4)n3)cc12. The van der Waals surface area contributed by atoms with Gasteiger partial charge in [0.1, 0.15) is 11.2 Å². The Morgan fingerprint density at radius 2 is 0.949 bits per heavy atom. The summed E-state index contributed by atoms with van der Waals surface area (Å²) in [6.07, 6.45) is 0. The summed E-state index contributed by atoms with van der Waals surface area (Å²) in [5.41, 5.74) is 6.89. The summed E-state index contributed by atoms with van der Waals surface area (Å²) < 4.78 is 6.69. The maximum atomic E-state index is 6.69. The van der Waals surface area contributed by atoms with Gasteiger partial charge < -0.3 is 4.42 Å². The van der Waals surface area contributed by atoms with E-state index >= 15 is 0 Å². The Morgan fingerprint density at radius 1 is 0.462 bits per heavy atom. The third kappa shape index (κ3) is 4.61. The molecule has 2 heterocycles. The first-order chi connectivity index (χ1) is 18.6. The molecule has 0 amide bonds. The summed E-state index contributed by atoms with van der Waals surface area (Å²) in [5, 5.41) is 2.20. The molecule has 0 atom stereocenters. The molecule has 0 aliphatic rings. The van der Waals surface area contributed by atoms with Gasteiger partial charge in [-0.3, -0.25) is 0 Å². The Labute approximate surface area is 229 Å². The van der Waals surface area contributed by atoms with Gasteiger partial charge in [-0.2, -0.15) is 0 Å². The average molecular weight is 512 g/mol. The van der Waals surface area contributed by atoms with Crippen molar-refractivity contribution in [1.29, 1.82) is 0 Å². The Morgan fingerprint density at radius 3 is 1.46 bits per heavy atom. The lowest BCUT2D eigenvalue weighted by Gasteiger charge is -2.20.